The summed E-state index contributed by atoms with van der Waals surface area (Å²) in [5.74, 6) is 0.0803. The molecule has 2 aromatic rings. The van der Waals surface area contributed by atoms with Crippen LogP contribution >= 0.6 is 11.5 Å². The maximum Gasteiger partial charge on any atom is 0.328 e. The molecule has 1 aromatic carbocycles. The summed E-state index contributed by atoms with van der Waals surface area (Å²) < 4.78 is 10.3. The normalized spacial score (nSPS) is 15.4. The van der Waals surface area contributed by atoms with Gasteiger partial charge in [-0.15, -0.1) is 0 Å². The maximum atomic E-state index is 12.4. The van der Waals surface area contributed by atoms with Gasteiger partial charge in [0.1, 0.15) is 11.9 Å². The number of benzene rings is 1. The fourth-order valence-corrected chi connectivity index (χ4v) is 3.99. The molecule has 0 radical (unpaired) electrons. The van der Waals surface area contributed by atoms with Gasteiger partial charge in [0.15, 0.2) is 0 Å². The summed E-state index contributed by atoms with van der Waals surface area (Å²) in [7, 11) is 1.27. The first kappa shape index (κ1) is 20.1. The first-order valence-corrected chi connectivity index (χ1v) is 10.0. The van der Waals surface area contributed by atoms with Crippen LogP contribution in [0.3, 0.4) is 0 Å². The highest BCUT2D eigenvalue weighted by atomic mass is 32.1. The highest BCUT2D eigenvalue weighted by Gasteiger charge is 2.24. The lowest BCUT2D eigenvalue weighted by atomic mass is 10.2. The number of anilines is 1. The number of nitrogens with zero attached hydrogens (tertiary/aromatic N) is 3. The number of hydrogen-bond donors (Lipinski definition) is 1. The van der Waals surface area contributed by atoms with Crippen molar-refractivity contribution >= 4 is 45.2 Å². The number of aromatic nitrogens is 1. The Balaban J connectivity index is 1.46. The predicted octanol–water partition coefficient (Wildman–Crippen LogP) is 1.40. The number of carbonyl (C=O) groups excluding carboxylic acids is 3. The fourth-order valence-electron chi connectivity index (χ4n) is 3.20. The third-order valence-corrected chi connectivity index (χ3v) is 5.61. The summed E-state index contributed by atoms with van der Waals surface area (Å²) in [6, 6.07) is 7.42. The van der Waals surface area contributed by atoms with Gasteiger partial charge in [0.2, 0.25) is 11.8 Å². The van der Waals surface area contributed by atoms with Gasteiger partial charge in [-0.05, 0) is 30.6 Å². The lowest BCUT2D eigenvalue weighted by Crippen LogP contribution is -2.49. The summed E-state index contributed by atoms with van der Waals surface area (Å²) in [6.07, 6.45) is 0.177. The molecule has 1 aliphatic heterocycles. The summed E-state index contributed by atoms with van der Waals surface area (Å²) in [4.78, 5) is 39.6. The van der Waals surface area contributed by atoms with Crippen molar-refractivity contribution in [1.29, 1.82) is 0 Å². The molecule has 1 fully saturated rings. The molecular weight excluding hydrogens is 380 g/mol. The average Bonchev–Trinajstić information content (AvgIpc) is 3.15. The van der Waals surface area contributed by atoms with Crippen molar-refractivity contribution in [1.82, 2.24) is 14.6 Å². The largest absolute Gasteiger partial charge is 0.467 e. The van der Waals surface area contributed by atoms with E-state index in [0.717, 1.165) is 15.9 Å². The number of ether oxygens (including phenoxy) is 1. The minimum Gasteiger partial charge on any atom is -0.467 e. The molecule has 28 heavy (non-hydrogen) atoms. The molecule has 0 aliphatic carbocycles. The number of piperazine rings is 1. The molecule has 150 valence electrons. The van der Waals surface area contributed by atoms with Crippen LogP contribution < -0.4 is 10.2 Å². The quantitative estimate of drug-likeness (QED) is 0.732. The molecule has 1 aliphatic rings. The average molecular weight is 404 g/mol. The van der Waals surface area contributed by atoms with E-state index >= 15 is 0 Å². The van der Waals surface area contributed by atoms with E-state index in [1.54, 1.807) is 11.8 Å². The molecule has 2 amide bonds. The van der Waals surface area contributed by atoms with Gasteiger partial charge in [-0.3, -0.25) is 9.59 Å². The Morgan fingerprint density at radius 1 is 1.18 bits per heavy atom. The molecule has 1 N–H and O–H groups in total. The number of hydrogen-bond acceptors (Lipinski definition) is 7. The topological polar surface area (TPSA) is 91.8 Å². The van der Waals surface area contributed by atoms with Crippen LogP contribution in [0.2, 0.25) is 0 Å². The van der Waals surface area contributed by atoms with Crippen LogP contribution in [0.4, 0.5) is 5.82 Å². The third-order valence-electron chi connectivity index (χ3n) is 4.79. The highest BCUT2D eigenvalue weighted by Crippen LogP contribution is 2.29. The first-order valence-electron chi connectivity index (χ1n) is 9.24. The van der Waals surface area contributed by atoms with E-state index in [9.17, 15) is 14.4 Å². The number of methoxy groups -OCH3 is 1. The van der Waals surface area contributed by atoms with Crippen LogP contribution in [0, 0.1) is 0 Å². The van der Waals surface area contributed by atoms with Crippen molar-refractivity contribution in [3.8, 4) is 0 Å². The zero-order chi connectivity index (χ0) is 20.1. The molecule has 0 unspecified atom stereocenters. The van der Waals surface area contributed by atoms with Gasteiger partial charge in [-0.25, -0.2) is 4.79 Å². The number of carbonyl (C=O) groups is 3. The monoisotopic (exact) mass is 404 g/mol. The zero-order valence-corrected chi connectivity index (χ0v) is 16.8. The Morgan fingerprint density at radius 2 is 1.89 bits per heavy atom. The third kappa shape index (κ3) is 4.59. The van der Waals surface area contributed by atoms with Crippen molar-refractivity contribution < 1.29 is 19.1 Å². The second-order valence-corrected chi connectivity index (χ2v) is 7.49. The molecule has 8 nitrogen and oxygen atoms in total. The summed E-state index contributed by atoms with van der Waals surface area (Å²) in [5.41, 5.74) is 0. The molecule has 0 spiro atoms. The van der Waals surface area contributed by atoms with Crippen molar-refractivity contribution in [2.75, 3.05) is 38.2 Å². The van der Waals surface area contributed by atoms with Gasteiger partial charge in [-0.2, -0.15) is 4.37 Å². The number of esters is 1. The summed E-state index contributed by atoms with van der Waals surface area (Å²) in [6.45, 7) is 4.18. The van der Waals surface area contributed by atoms with E-state index in [0.29, 0.717) is 26.2 Å². The number of nitrogens with one attached hydrogen (secondary N) is 1. The smallest absolute Gasteiger partial charge is 0.328 e. The Bertz CT molecular complexity index is 860. The van der Waals surface area contributed by atoms with Crippen molar-refractivity contribution in [2.24, 2.45) is 0 Å². The van der Waals surface area contributed by atoms with E-state index in [1.807, 2.05) is 12.1 Å². The van der Waals surface area contributed by atoms with E-state index in [-0.39, 0.29) is 24.7 Å². The number of fused-ring (bicyclic) bond motifs is 1. The van der Waals surface area contributed by atoms with Crippen LogP contribution in [0.15, 0.2) is 24.3 Å². The number of rotatable bonds is 6. The summed E-state index contributed by atoms with van der Waals surface area (Å²) >= 11 is 1.48. The minimum atomic E-state index is -0.718. The van der Waals surface area contributed by atoms with Gasteiger partial charge < -0.3 is 19.9 Å². The van der Waals surface area contributed by atoms with E-state index in [2.05, 4.69) is 31.5 Å². The van der Waals surface area contributed by atoms with Crippen LogP contribution in [0.25, 0.3) is 10.1 Å². The molecule has 1 saturated heterocycles. The zero-order valence-electron chi connectivity index (χ0n) is 16.0. The lowest BCUT2D eigenvalue weighted by molar-refractivity contribution is -0.144. The van der Waals surface area contributed by atoms with Gasteiger partial charge in [-0.1, -0.05) is 12.1 Å². The molecule has 0 saturated carbocycles. The molecule has 1 aromatic heterocycles. The van der Waals surface area contributed by atoms with Crippen LogP contribution in [0.5, 0.6) is 0 Å². The number of amides is 2. The molecule has 1 atom stereocenters. The Morgan fingerprint density at radius 3 is 2.61 bits per heavy atom. The molecule has 2 heterocycles. The lowest BCUT2D eigenvalue weighted by Gasteiger charge is -2.35. The Hall–Kier alpha value is -2.68. The molecular formula is C19H24N4O4S. The standard InChI is InChI=1S/C19H24N4O4S/c1-13(19(26)27-2)20-16(24)7-8-17(25)22-9-11-23(12-10-22)18-14-5-3-4-6-15(14)28-21-18/h3-6,13H,7-12H2,1-2H3,(H,20,24)/t13-/m1/s1. The fraction of sp³-hybridized carbons (Fsp3) is 0.474. The Kier molecular flexibility index (Phi) is 6.45. The van der Waals surface area contributed by atoms with Crippen molar-refractivity contribution in [3.05, 3.63) is 24.3 Å². The second kappa shape index (κ2) is 9.01. The predicted molar refractivity (Wildman–Crippen MR) is 107 cm³/mol. The van der Waals surface area contributed by atoms with E-state index < -0.39 is 12.0 Å². The van der Waals surface area contributed by atoms with E-state index in [1.165, 1.54) is 18.6 Å². The second-order valence-electron chi connectivity index (χ2n) is 6.68. The van der Waals surface area contributed by atoms with Crippen molar-refractivity contribution in [3.63, 3.8) is 0 Å². The molecule has 9 heteroatoms. The minimum absolute atomic E-state index is 0.0522. The molecule has 0 bridgehead atoms. The van der Waals surface area contributed by atoms with Gasteiger partial charge >= 0.3 is 5.97 Å². The van der Waals surface area contributed by atoms with Crippen LogP contribution in [-0.2, 0) is 19.1 Å². The van der Waals surface area contributed by atoms with Crippen LogP contribution in [0.1, 0.15) is 19.8 Å². The molecule has 3 rings (SSSR count). The SMILES string of the molecule is COC(=O)[C@@H](C)NC(=O)CCC(=O)N1CCN(c2nsc3ccccc23)CC1. The van der Waals surface area contributed by atoms with Crippen molar-refractivity contribution in [2.45, 2.75) is 25.8 Å². The van der Waals surface area contributed by atoms with E-state index in [4.69, 9.17) is 0 Å². The van der Waals surface area contributed by atoms with Gasteiger partial charge in [0, 0.05) is 44.4 Å². The maximum absolute atomic E-state index is 12.4. The van der Waals surface area contributed by atoms with Gasteiger partial charge in [0.25, 0.3) is 0 Å². The van der Waals surface area contributed by atoms with Crippen LogP contribution in [-0.4, -0.2) is 66.4 Å². The highest BCUT2D eigenvalue weighted by molar-refractivity contribution is 7.13. The summed E-state index contributed by atoms with van der Waals surface area (Å²) in [5, 5.41) is 3.67. The first-order chi connectivity index (χ1) is 13.5. The Labute approximate surface area is 167 Å². The van der Waals surface area contributed by atoms with Gasteiger partial charge in [0.05, 0.1) is 11.8 Å².